The molecular weight excluding hydrogens is 249 g/mol. The molecule has 0 aromatic heterocycles. The Morgan fingerprint density at radius 2 is 2.27 bits per heavy atom. The van der Waals surface area contributed by atoms with Crippen LogP contribution in [-0.2, 0) is 4.43 Å². The Morgan fingerprint density at radius 1 is 1.55 bits per heavy atom. The van der Waals surface area contributed by atoms with Crippen molar-refractivity contribution in [2.75, 3.05) is 0 Å². The highest BCUT2D eigenvalue weighted by Crippen LogP contribution is 2.13. The van der Waals surface area contributed by atoms with Gasteiger partial charge >= 0.3 is 0 Å². The van der Waals surface area contributed by atoms with Crippen LogP contribution in [0, 0.1) is 18.3 Å². The third-order valence-electron chi connectivity index (χ3n) is 1.62. The van der Waals surface area contributed by atoms with E-state index in [1.54, 1.807) is 0 Å². The number of alkyl halides is 1. The molecule has 11 heavy (non-hydrogen) atoms. The second kappa shape index (κ2) is 3.72. The summed E-state index contributed by atoms with van der Waals surface area (Å²) in [6, 6.07) is 7.92. The van der Waals surface area contributed by atoms with Crippen LogP contribution in [0.4, 0.5) is 0 Å². The molecule has 0 N–H and O–H groups in total. The van der Waals surface area contributed by atoms with Crippen molar-refractivity contribution in [3.05, 3.63) is 34.9 Å². The Kier molecular flexibility index (Phi) is 2.89. The van der Waals surface area contributed by atoms with Gasteiger partial charge in [0, 0.05) is 4.43 Å². The minimum Gasteiger partial charge on any atom is -0.192 e. The molecule has 0 bridgehead atoms. The Labute approximate surface area is 80.2 Å². The number of nitriles is 1. The molecule has 0 spiro atoms. The van der Waals surface area contributed by atoms with Crippen LogP contribution in [0.1, 0.15) is 16.7 Å². The first kappa shape index (κ1) is 8.54. The molecule has 0 heterocycles. The number of halogens is 1. The maximum absolute atomic E-state index is 8.57. The fourth-order valence-corrected chi connectivity index (χ4v) is 1.77. The first-order valence-electron chi connectivity index (χ1n) is 3.33. The summed E-state index contributed by atoms with van der Waals surface area (Å²) >= 11 is 2.32. The first-order chi connectivity index (χ1) is 5.27. The van der Waals surface area contributed by atoms with E-state index in [1.807, 2.05) is 25.1 Å². The van der Waals surface area contributed by atoms with Crippen molar-refractivity contribution < 1.29 is 0 Å². The van der Waals surface area contributed by atoms with E-state index < -0.39 is 0 Å². The molecular formula is C9H8IN. The molecule has 0 atom stereocenters. The zero-order chi connectivity index (χ0) is 8.27. The van der Waals surface area contributed by atoms with Crippen molar-refractivity contribution in [3.63, 3.8) is 0 Å². The van der Waals surface area contributed by atoms with Gasteiger partial charge in [0.15, 0.2) is 0 Å². The van der Waals surface area contributed by atoms with Crippen LogP contribution < -0.4 is 0 Å². The normalized spacial score (nSPS) is 9.18. The lowest BCUT2D eigenvalue weighted by atomic mass is 10.1. The van der Waals surface area contributed by atoms with Crippen LogP contribution in [0.2, 0.25) is 0 Å². The molecule has 0 saturated carbocycles. The summed E-state index contributed by atoms with van der Waals surface area (Å²) in [5, 5.41) is 8.57. The number of benzene rings is 1. The van der Waals surface area contributed by atoms with Crippen LogP contribution in [0.3, 0.4) is 0 Å². The van der Waals surface area contributed by atoms with Gasteiger partial charge in [0.1, 0.15) is 0 Å². The summed E-state index contributed by atoms with van der Waals surface area (Å²) in [5.74, 6) is 0. The van der Waals surface area contributed by atoms with Gasteiger partial charge in [-0.25, -0.2) is 0 Å². The molecule has 1 aromatic rings. The molecule has 0 saturated heterocycles. The summed E-state index contributed by atoms with van der Waals surface area (Å²) in [4.78, 5) is 0. The highest BCUT2D eigenvalue weighted by molar-refractivity contribution is 14.1. The molecule has 0 aliphatic heterocycles. The maximum Gasteiger partial charge on any atom is 0.0991 e. The van der Waals surface area contributed by atoms with Crippen molar-refractivity contribution in [1.82, 2.24) is 0 Å². The summed E-state index contributed by atoms with van der Waals surface area (Å²) in [5.41, 5.74) is 3.26. The van der Waals surface area contributed by atoms with E-state index in [4.69, 9.17) is 5.26 Å². The predicted molar refractivity (Wildman–Crippen MR) is 53.6 cm³/mol. The van der Waals surface area contributed by atoms with Gasteiger partial charge in [-0.2, -0.15) is 5.26 Å². The highest BCUT2D eigenvalue weighted by Gasteiger charge is 1.96. The molecule has 0 aliphatic carbocycles. The second-order valence-corrected chi connectivity index (χ2v) is 3.15. The van der Waals surface area contributed by atoms with Crippen LogP contribution >= 0.6 is 22.6 Å². The Bertz CT molecular complexity index is 299. The topological polar surface area (TPSA) is 23.8 Å². The zero-order valence-electron chi connectivity index (χ0n) is 6.26. The van der Waals surface area contributed by atoms with Crippen LogP contribution in [-0.4, -0.2) is 0 Å². The summed E-state index contributed by atoms with van der Waals surface area (Å²) in [6.07, 6.45) is 0. The summed E-state index contributed by atoms with van der Waals surface area (Å²) in [6.45, 7) is 2.04. The molecule has 56 valence electrons. The third-order valence-corrected chi connectivity index (χ3v) is 2.44. The average molecular weight is 257 g/mol. The number of rotatable bonds is 1. The van der Waals surface area contributed by atoms with Crippen molar-refractivity contribution in [2.24, 2.45) is 0 Å². The predicted octanol–water partition coefficient (Wildman–Crippen LogP) is 2.80. The summed E-state index contributed by atoms with van der Waals surface area (Å²) < 4.78 is 1.01. The van der Waals surface area contributed by atoms with E-state index in [0.717, 1.165) is 9.99 Å². The quantitative estimate of drug-likeness (QED) is 0.560. The zero-order valence-corrected chi connectivity index (χ0v) is 8.42. The minimum absolute atomic E-state index is 0.746. The molecule has 2 heteroatoms. The fourth-order valence-electron chi connectivity index (χ4n) is 0.915. The SMILES string of the molecule is Cc1cc(C#N)ccc1CI. The third kappa shape index (κ3) is 1.93. The average Bonchev–Trinajstić information content (AvgIpc) is 2.04. The Balaban J connectivity index is 3.12. The lowest BCUT2D eigenvalue weighted by Gasteiger charge is -2.00. The van der Waals surface area contributed by atoms with Gasteiger partial charge in [-0.15, -0.1) is 0 Å². The first-order valence-corrected chi connectivity index (χ1v) is 4.86. The molecule has 0 radical (unpaired) electrons. The fraction of sp³-hybridized carbons (Fsp3) is 0.222. The Morgan fingerprint density at radius 3 is 2.73 bits per heavy atom. The molecule has 0 unspecified atom stereocenters. The van der Waals surface area contributed by atoms with Crippen molar-refractivity contribution in [3.8, 4) is 6.07 Å². The lowest BCUT2D eigenvalue weighted by molar-refractivity contribution is 1.31. The monoisotopic (exact) mass is 257 g/mol. The van der Waals surface area contributed by atoms with Gasteiger partial charge in [0.25, 0.3) is 0 Å². The van der Waals surface area contributed by atoms with E-state index >= 15 is 0 Å². The standard InChI is InChI=1S/C9H8IN/c1-7-4-8(6-11)2-3-9(7)5-10/h2-4H,5H2,1H3. The maximum atomic E-state index is 8.57. The van der Waals surface area contributed by atoms with Gasteiger partial charge in [-0.05, 0) is 30.2 Å². The molecule has 1 aromatic carbocycles. The van der Waals surface area contributed by atoms with Gasteiger partial charge in [0.05, 0.1) is 11.6 Å². The van der Waals surface area contributed by atoms with Gasteiger partial charge < -0.3 is 0 Å². The number of aryl methyl sites for hydroxylation is 1. The largest absolute Gasteiger partial charge is 0.192 e. The van der Waals surface area contributed by atoms with Gasteiger partial charge in [0.2, 0.25) is 0 Å². The smallest absolute Gasteiger partial charge is 0.0991 e. The second-order valence-electron chi connectivity index (χ2n) is 2.39. The van der Waals surface area contributed by atoms with E-state index in [1.165, 1.54) is 11.1 Å². The summed E-state index contributed by atoms with van der Waals surface area (Å²) in [7, 11) is 0. The van der Waals surface area contributed by atoms with Gasteiger partial charge in [-0.3, -0.25) is 0 Å². The van der Waals surface area contributed by atoms with Gasteiger partial charge in [-0.1, -0.05) is 28.7 Å². The number of hydrogen-bond acceptors (Lipinski definition) is 1. The van der Waals surface area contributed by atoms with E-state index in [0.29, 0.717) is 0 Å². The van der Waals surface area contributed by atoms with Crippen LogP contribution in [0.15, 0.2) is 18.2 Å². The van der Waals surface area contributed by atoms with Crippen molar-refractivity contribution >= 4 is 22.6 Å². The molecule has 0 amide bonds. The van der Waals surface area contributed by atoms with E-state index in [9.17, 15) is 0 Å². The molecule has 1 nitrogen and oxygen atoms in total. The van der Waals surface area contributed by atoms with E-state index in [2.05, 4.69) is 28.7 Å². The number of hydrogen-bond donors (Lipinski definition) is 0. The van der Waals surface area contributed by atoms with Crippen LogP contribution in [0.5, 0.6) is 0 Å². The van der Waals surface area contributed by atoms with Crippen LogP contribution in [0.25, 0.3) is 0 Å². The number of nitrogens with zero attached hydrogens (tertiary/aromatic N) is 1. The molecule has 1 rings (SSSR count). The Hall–Kier alpha value is -0.560. The van der Waals surface area contributed by atoms with Crippen molar-refractivity contribution in [2.45, 2.75) is 11.4 Å². The molecule has 0 fully saturated rings. The van der Waals surface area contributed by atoms with E-state index in [-0.39, 0.29) is 0 Å². The highest BCUT2D eigenvalue weighted by atomic mass is 127. The molecule has 0 aliphatic rings. The minimum atomic E-state index is 0.746. The lowest BCUT2D eigenvalue weighted by Crippen LogP contribution is -1.84. The van der Waals surface area contributed by atoms with Crippen molar-refractivity contribution in [1.29, 1.82) is 5.26 Å².